The molecule has 1 aromatic heterocycles. The van der Waals surface area contributed by atoms with E-state index in [0.717, 1.165) is 43.7 Å². The Balaban J connectivity index is 1.65. The van der Waals surface area contributed by atoms with Gasteiger partial charge in [0.25, 0.3) is 0 Å². The third-order valence-corrected chi connectivity index (χ3v) is 5.15. The van der Waals surface area contributed by atoms with Crippen LogP contribution in [0.3, 0.4) is 0 Å². The van der Waals surface area contributed by atoms with E-state index >= 15 is 0 Å². The van der Waals surface area contributed by atoms with Gasteiger partial charge in [-0.05, 0) is 38.5 Å². The Morgan fingerprint density at radius 3 is 2.73 bits per heavy atom. The average molecular weight is 302 g/mol. The van der Waals surface area contributed by atoms with Crippen molar-refractivity contribution in [3.63, 3.8) is 0 Å². The van der Waals surface area contributed by atoms with Crippen molar-refractivity contribution in [2.24, 2.45) is 5.92 Å². The quantitative estimate of drug-likeness (QED) is 0.933. The van der Waals surface area contributed by atoms with E-state index in [2.05, 4.69) is 4.98 Å². The second kappa shape index (κ2) is 6.67. The highest BCUT2D eigenvalue weighted by Crippen LogP contribution is 2.30. The van der Waals surface area contributed by atoms with Crippen LogP contribution < -0.4 is 5.43 Å². The fourth-order valence-corrected chi connectivity index (χ4v) is 3.98. The molecule has 1 N–H and O–H groups in total. The van der Waals surface area contributed by atoms with Gasteiger partial charge in [-0.15, -0.1) is 0 Å². The number of piperidine rings is 1. The number of hydrogen-bond acceptors (Lipinski definition) is 2. The molecule has 2 aliphatic rings. The summed E-state index contributed by atoms with van der Waals surface area (Å²) in [4.78, 5) is 29.6. The van der Waals surface area contributed by atoms with Crippen molar-refractivity contribution < 1.29 is 4.79 Å². The van der Waals surface area contributed by atoms with Crippen LogP contribution >= 0.6 is 0 Å². The Bertz CT molecular complexity index is 587. The first-order valence-corrected chi connectivity index (χ1v) is 8.60. The van der Waals surface area contributed by atoms with Gasteiger partial charge in [-0.1, -0.05) is 12.8 Å². The molecule has 22 heavy (non-hydrogen) atoms. The van der Waals surface area contributed by atoms with Gasteiger partial charge >= 0.3 is 0 Å². The van der Waals surface area contributed by atoms with E-state index in [0.29, 0.717) is 11.8 Å². The summed E-state index contributed by atoms with van der Waals surface area (Å²) in [6.45, 7) is 3.54. The number of carbonyl (C=O) groups is 1. The van der Waals surface area contributed by atoms with Gasteiger partial charge in [-0.25, -0.2) is 0 Å². The van der Waals surface area contributed by atoms with Gasteiger partial charge in [0.1, 0.15) is 0 Å². The minimum atomic E-state index is 0.0562. The van der Waals surface area contributed by atoms with Gasteiger partial charge < -0.3 is 9.88 Å². The average Bonchev–Trinajstić information content (AvgIpc) is 2.99. The third kappa shape index (κ3) is 3.60. The smallest absolute Gasteiger partial charge is 0.222 e. The van der Waals surface area contributed by atoms with Gasteiger partial charge in [-0.3, -0.25) is 9.59 Å². The van der Waals surface area contributed by atoms with Crippen molar-refractivity contribution in [3.05, 3.63) is 33.7 Å². The maximum atomic E-state index is 12.5. The summed E-state index contributed by atoms with van der Waals surface area (Å²) < 4.78 is 0. The van der Waals surface area contributed by atoms with Gasteiger partial charge in [0, 0.05) is 48.9 Å². The standard InChI is InChI=1S/C18H26N2O2/c1-13-9-16(21)11-17(19-13)15-7-4-8-20(12-15)18(22)10-14-5-2-3-6-14/h9,11,14-15H,2-8,10,12H2,1H3,(H,19,21)/t15-/m0/s1. The van der Waals surface area contributed by atoms with Gasteiger partial charge in [-0.2, -0.15) is 0 Å². The number of carbonyl (C=O) groups excluding carboxylic acids is 1. The van der Waals surface area contributed by atoms with Crippen molar-refractivity contribution in [2.75, 3.05) is 13.1 Å². The molecule has 1 amide bonds. The van der Waals surface area contributed by atoms with Crippen LogP contribution in [0.4, 0.5) is 0 Å². The predicted molar refractivity (Wildman–Crippen MR) is 86.9 cm³/mol. The van der Waals surface area contributed by atoms with Crippen molar-refractivity contribution in [2.45, 2.75) is 57.8 Å². The number of nitrogens with one attached hydrogen (secondary N) is 1. The van der Waals surface area contributed by atoms with Crippen LogP contribution in [0, 0.1) is 12.8 Å². The number of aromatic nitrogens is 1. The van der Waals surface area contributed by atoms with Crippen LogP contribution in [0.2, 0.25) is 0 Å². The zero-order chi connectivity index (χ0) is 15.5. The van der Waals surface area contributed by atoms with E-state index in [1.165, 1.54) is 25.7 Å². The molecule has 1 aliphatic carbocycles. The monoisotopic (exact) mass is 302 g/mol. The number of aryl methyl sites for hydroxylation is 1. The molecular formula is C18H26N2O2. The number of likely N-dealkylation sites (tertiary alicyclic amines) is 1. The summed E-state index contributed by atoms with van der Waals surface area (Å²) in [5, 5.41) is 0. The van der Waals surface area contributed by atoms with Gasteiger partial charge in [0.15, 0.2) is 5.43 Å². The summed E-state index contributed by atoms with van der Waals surface area (Å²) in [7, 11) is 0. The molecule has 1 saturated heterocycles. The zero-order valence-corrected chi connectivity index (χ0v) is 13.4. The van der Waals surface area contributed by atoms with Crippen LogP contribution in [-0.2, 0) is 4.79 Å². The first-order valence-electron chi connectivity index (χ1n) is 8.60. The topological polar surface area (TPSA) is 53.2 Å². The number of amides is 1. The van der Waals surface area contributed by atoms with Gasteiger partial charge in [0.05, 0.1) is 0 Å². The summed E-state index contributed by atoms with van der Waals surface area (Å²) in [5.74, 6) is 1.19. The molecule has 0 unspecified atom stereocenters. The maximum Gasteiger partial charge on any atom is 0.222 e. The molecule has 1 saturated carbocycles. The molecule has 1 aliphatic heterocycles. The first kappa shape index (κ1) is 15.3. The largest absolute Gasteiger partial charge is 0.362 e. The molecular weight excluding hydrogens is 276 g/mol. The Hall–Kier alpha value is -1.58. The van der Waals surface area contributed by atoms with E-state index in [4.69, 9.17) is 0 Å². The van der Waals surface area contributed by atoms with Crippen LogP contribution in [0.15, 0.2) is 16.9 Å². The van der Waals surface area contributed by atoms with Crippen LogP contribution in [0.25, 0.3) is 0 Å². The molecule has 4 nitrogen and oxygen atoms in total. The first-order chi connectivity index (χ1) is 10.6. The summed E-state index contributed by atoms with van der Waals surface area (Å²) in [5.41, 5.74) is 1.95. The summed E-state index contributed by atoms with van der Waals surface area (Å²) >= 11 is 0. The molecule has 2 heterocycles. The minimum Gasteiger partial charge on any atom is -0.362 e. The zero-order valence-electron chi connectivity index (χ0n) is 13.4. The fraction of sp³-hybridized carbons (Fsp3) is 0.667. The lowest BCUT2D eigenvalue weighted by Gasteiger charge is -2.33. The second-order valence-electron chi connectivity index (χ2n) is 6.99. The molecule has 0 radical (unpaired) electrons. The highest BCUT2D eigenvalue weighted by molar-refractivity contribution is 5.76. The van der Waals surface area contributed by atoms with Crippen molar-refractivity contribution in [3.8, 4) is 0 Å². The van der Waals surface area contributed by atoms with E-state index < -0.39 is 0 Å². The van der Waals surface area contributed by atoms with E-state index in [1.807, 2.05) is 11.8 Å². The highest BCUT2D eigenvalue weighted by atomic mass is 16.2. The second-order valence-corrected chi connectivity index (χ2v) is 6.99. The van der Waals surface area contributed by atoms with E-state index in [1.54, 1.807) is 12.1 Å². The number of rotatable bonds is 3. The summed E-state index contributed by atoms with van der Waals surface area (Å²) in [6.07, 6.45) is 7.79. The Labute approximate surface area is 131 Å². The number of H-pyrrole nitrogens is 1. The lowest BCUT2D eigenvalue weighted by Crippen LogP contribution is -2.40. The molecule has 2 fully saturated rings. The van der Waals surface area contributed by atoms with Crippen molar-refractivity contribution in [1.82, 2.24) is 9.88 Å². The third-order valence-electron chi connectivity index (χ3n) is 5.15. The van der Waals surface area contributed by atoms with Crippen LogP contribution in [0.1, 0.15) is 62.3 Å². The maximum absolute atomic E-state index is 12.5. The number of aromatic amines is 1. The lowest BCUT2D eigenvalue weighted by molar-refractivity contribution is -0.133. The molecule has 0 bridgehead atoms. The lowest BCUT2D eigenvalue weighted by atomic mass is 9.93. The molecule has 4 heteroatoms. The Kier molecular flexibility index (Phi) is 4.65. The molecule has 1 aromatic rings. The van der Waals surface area contributed by atoms with E-state index in [-0.39, 0.29) is 11.3 Å². The normalized spacial score (nSPS) is 23.0. The minimum absolute atomic E-state index is 0.0562. The van der Waals surface area contributed by atoms with E-state index in [9.17, 15) is 9.59 Å². The number of pyridine rings is 1. The van der Waals surface area contributed by atoms with Crippen LogP contribution in [-0.4, -0.2) is 28.9 Å². The molecule has 0 aromatic carbocycles. The fourth-order valence-electron chi connectivity index (χ4n) is 3.98. The van der Waals surface area contributed by atoms with Crippen molar-refractivity contribution in [1.29, 1.82) is 0 Å². The van der Waals surface area contributed by atoms with Crippen molar-refractivity contribution >= 4 is 5.91 Å². The molecule has 120 valence electrons. The number of hydrogen-bond donors (Lipinski definition) is 1. The number of nitrogens with zero attached hydrogens (tertiary/aromatic N) is 1. The Morgan fingerprint density at radius 2 is 2.00 bits per heavy atom. The van der Waals surface area contributed by atoms with Crippen LogP contribution in [0.5, 0.6) is 0 Å². The predicted octanol–water partition coefficient (Wildman–Crippen LogP) is 2.97. The Morgan fingerprint density at radius 1 is 1.23 bits per heavy atom. The SMILES string of the molecule is Cc1cc(=O)cc([C@H]2CCCN(C(=O)CC3CCCC3)C2)[nH]1. The highest BCUT2D eigenvalue weighted by Gasteiger charge is 2.27. The molecule has 1 atom stereocenters. The van der Waals surface area contributed by atoms with Gasteiger partial charge in [0.2, 0.25) is 5.91 Å². The molecule has 3 rings (SSSR count). The summed E-state index contributed by atoms with van der Waals surface area (Å²) in [6, 6.07) is 3.32. The molecule has 0 spiro atoms.